The highest BCUT2D eigenvalue weighted by atomic mass is 14.7. The van der Waals surface area contributed by atoms with Gasteiger partial charge in [0.05, 0.1) is 0 Å². The maximum atomic E-state index is 4.35. The third-order valence-electron chi connectivity index (χ3n) is 1.76. The Morgan fingerprint density at radius 3 is 2.50 bits per heavy atom. The van der Waals surface area contributed by atoms with Crippen molar-refractivity contribution in [1.82, 2.24) is 4.98 Å². The van der Waals surface area contributed by atoms with Gasteiger partial charge in [0.2, 0.25) is 0 Å². The van der Waals surface area contributed by atoms with E-state index in [1.807, 2.05) is 19.2 Å². The first-order valence-electron chi connectivity index (χ1n) is 4.32. The molecule has 1 rings (SSSR count). The fourth-order valence-corrected chi connectivity index (χ4v) is 1.05. The summed E-state index contributed by atoms with van der Waals surface area (Å²) in [5.74, 6) is 0.518. The van der Waals surface area contributed by atoms with Crippen molar-refractivity contribution < 1.29 is 0 Å². The Balaban J connectivity index is 2.85. The summed E-state index contributed by atoms with van der Waals surface area (Å²) >= 11 is 0. The van der Waals surface area contributed by atoms with Crippen LogP contribution in [0.5, 0.6) is 0 Å². The molecular weight excluding hydrogens is 146 g/mol. The van der Waals surface area contributed by atoms with Crippen molar-refractivity contribution in [3.05, 3.63) is 35.7 Å². The fourth-order valence-electron chi connectivity index (χ4n) is 1.05. The van der Waals surface area contributed by atoms with Crippen molar-refractivity contribution in [3.8, 4) is 0 Å². The number of hydrogen-bond acceptors (Lipinski definition) is 1. The van der Waals surface area contributed by atoms with Gasteiger partial charge in [0.15, 0.2) is 0 Å². The van der Waals surface area contributed by atoms with Crippen LogP contribution in [0.1, 0.15) is 37.9 Å². The molecule has 1 heterocycles. The second-order valence-corrected chi connectivity index (χ2v) is 3.17. The van der Waals surface area contributed by atoms with Crippen LogP contribution < -0.4 is 0 Å². The Hall–Kier alpha value is -1.11. The maximum absolute atomic E-state index is 4.35. The minimum absolute atomic E-state index is 0.518. The molecule has 0 N–H and O–H groups in total. The Morgan fingerprint density at radius 2 is 2.08 bits per heavy atom. The van der Waals surface area contributed by atoms with Crippen LogP contribution in [-0.2, 0) is 0 Å². The summed E-state index contributed by atoms with van der Waals surface area (Å²) in [5, 5.41) is 0. The zero-order valence-corrected chi connectivity index (χ0v) is 7.91. The molecule has 1 heteroatoms. The van der Waals surface area contributed by atoms with E-state index in [0.29, 0.717) is 5.92 Å². The first kappa shape index (κ1) is 8.98. The van der Waals surface area contributed by atoms with Crippen LogP contribution in [0, 0.1) is 0 Å². The summed E-state index contributed by atoms with van der Waals surface area (Å²) in [4.78, 5) is 4.35. The third-order valence-corrected chi connectivity index (χ3v) is 1.76. The molecule has 0 saturated heterocycles. The second kappa shape index (κ2) is 4.05. The smallest absolute Gasteiger partial charge is 0.0429 e. The van der Waals surface area contributed by atoms with Gasteiger partial charge in [0.25, 0.3) is 0 Å². The molecule has 0 aliphatic carbocycles. The van der Waals surface area contributed by atoms with Crippen LogP contribution in [-0.4, -0.2) is 4.98 Å². The molecule has 1 aromatic heterocycles. The van der Waals surface area contributed by atoms with Gasteiger partial charge < -0.3 is 0 Å². The molecule has 0 aliphatic rings. The predicted octanol–water partition coefficient (Wildman–Crippen LogP) is 3.24. The molecule has 1 nitrogen and oxygen atoms in total. The number of nitrogens with zero attached hydrogens (tertiary/aromatic N) is 1. The van der Waals surface area contributed by atoms with Crippen molar-refractivity contribution in [2.24, 2.45) is 0 Å². The SMILES string of the molecule is C/C=C/c1ccc(C(C)C)nc1. The lowest BCUT2D eigenvalue weighted by Crippen LogP contribution is -1.91. The highest BCUT2D eigenvalue weighted by Gasteiger charge is 1.98. The van der Waals surface area contributed by atoms with Crippen LogP contribution in [0.2, 0.25) is 0 Å². The largest absolute Gasteiger partial charge is 0.260 e. The number of pyridine rings is 1. The van der Waals surface area contributed by atoms with Gasteiger partial charge in [-0.15, -0.1) is 0 Å². The van der Waals surface area contributed by atoms with E-state index in [0.717, 1.165) is 5.69 Å². The monoisotopic (exact) mass is 161 g/mol. The minimum Gasteiger partial charge on any atom is -0.260 e. The average molecular weight is 161 g/mol. The van der Waals surface area contributed by atoms with Crippen molar-refractivity contribution in [2.75, 3.05) is 0 Å². The van der Waals surface area contributed by atoms with E-state index in [2.05, 4.69) is 37.0 Å². The molecule has 12 heavy (non-hydrogen) atoms. The van der Waals surface area contributed by atoms with Crippen molar-refractivity contribution >= 4 is 6.08 Å². The zero-order chi connectivity index (χ0) is 8.97. The molecule has 0 bridgehead atoms. The summed E-state index contributed by atoms with van der Waals surface area (Å²) in [6.07, 6.45) is 5.98. The Morgan fingerprint density at radius 1 is 1.33 bits per heavy atom. The van der Waals surface area contributed by atoms with E-state index >= 15 is 0 Å². The Labute approximate surface area is 74.2 Å². The third kappa shape index (κ3) is 2.19. The van der Waals surface area contributed by atoms with Gasteiger partial charge in [-0.25, -0.2) is 0 Å². The Kier molecular flexibility index (Phi) is 3.03. The quantitative estimate of drug-likeness (QED) is 0.649. The lowest BCUT2D eigenvalue weighted by molar-refractivity contribution is 0.822. The van der Waals surface area contributed by atoms with E-state index in [1.165, 1.54) is 5.56 Å². The molecule has 0 radical (unpaired) electrons. The second-order valence-electron chi connectivity index (χ2n) is 3.17. The molecule has 0 atom stereocenters. The number of rotatable bonds is 2. The van der Waals surface area contributed by atoms with Crippen molar-refractivity contribution in [2.45, 2.75) is 26.7 Å². The van der Waals surface area contributed by atoms with E-state index in [4.69, 9.17) is 0 Å². The molecule has 0 spiro atoms. The van der Waals surface area contributed by atoms with Crippen LogP contribution in [0.25, 0.3) is 6.08 Å². The van der Waals surface area contributed by atoms with E-state index in [9.17, 15) is 0 Å². The van der Waals surface area contributed by atoms with Crippen LogP contribution in [0.4, 0.5) is 0 Å². The van der Waals surface area contributed by atoms with Gasteiger partial charge >= 0.3 is 0 Å². The predicted molar refractivity (Wildman–Crippen MR) is 53.0 cm³/mol. The summed E-state index contributed by atoms with van der Waals surface area (Å²) in [6.45, 7) is 6.31. The molecule has 1 aromatic rings. The maximum Gasteiger partial charge on any atom is 0.0429 e. The summed E-state index contributed by atoms with van der Waals surface area (Å²) in [5.41, 5.74) is 2.32. The molecular formula is C11H15N. The van der Waals surface area contributed by atoms with Gasteiger partial charge in [-0.2, -0.15) is 0 Å². The number of aromatic nitrogens is 1. The molecule has 0 aromatic carbocycles. The fraction of sp³-hybridized carbons (Fsp3) is 0.364. The summed E-state index contributed by atoms with van der Waals surface area (Å²) < 4.78 is 0. The van der Waals surface area contributed by atoms with Gasteiger partial charge in [0, 0.05) is 11.9 Å². The van der Waals surface area contributed by atoms with Crippen LogP contribution in [0.15, 0.2) is 24.4 Å². The normalized spacial score (nSPS) is 11.3. The van der Waals surface area contributed by atoms with Gasteiger partial charge in [0.1, 0.15) is 0 Å². The zero-order valence-electron chi connectivity index (χ0n) is 7.91. The standard InChI is InChI=1S/C11H15N/c1-4-5-10-6-7-11(9(2)3)12-8-10/h4-9H,1-3H3/b5-4+. The average Bonchev–Trinajstić information content (AvgIpc) is 2.06. The number of allylic oxidation sites excluding steroid dienone is 1. The van der Waals surface area contributed by atoms with E-state index in [-0.39, 0.29) is 0 Å². The molecule has 0 fully saturated rings. The first-order valence-corrected chi connectivity index (χ1v) is 4.32. The molecule has 64 valence electrons. The highest BCUT2D eigenvalue weighted by molar-refractivity contribution is 5.47. The minimum atomic E-state index is 0.518. The van der Waals surface area contributed by atoms with Gasteiger partial charge in [-0.05, 0) is 24.5 Å². The summed E-state index contributed by atoms with van der Waals surface area (Å²) in [6, 6.07) is 4.18. The Bertz CT molecular complexity index is 257. The topological polar surface area (TPSA) is 12.9 Å². The van der Waals surface area contributed by atoms with Crippen molar-refractivity contribution in [1.29, 1.82) is 0 Å². The molecule has 0 saturated carbocycles. The molecule has 0 amide bonds. The summed E-state index contributed by atoms with van der Waals surface area (Å²) in [7, 11) is 0. The van der Waals surface area contributed by atoms with E-state index < -0.39 is 0 Å². The lowest BCUT2D eigenvalue weighted by Gasteiger charge is -2.02. The number of hydrogen-bond donors (Lipinski definition) is 0. The highest BCUT2D eigenvalue weighted by Crippen LogP contribution is 2.11. The van der Waals surface area contributed by atoms with Crippen LogP contribution in [0.3, 0.4) is 0 Å². The van der Waals surface area contributed by atoms with Gasteiger partial charge in [-0.1, -0.05) is 32.1 Å². The molecule has 0 aliphatic heterocycles. The van der Waals surface area contributed by atoms with E-state index in [1.54, 1.807) is 0 Å². The van der Waals surface area contributed by atoms with Gasteiger partial charge in [-0.3, -0.25) is 4.98 Å². The van der Waals surface area contributed by atoms with Crippen LogP contribution >= 0.6 is 0 Å². The lowest BCUT2D eigenvalue weighted by atomic mass is 10.1. The molecule has 0 unspecified atom stereocenters. The van der Waals surface area contributed by atoms with Crippen molar-refractivity contribution in [3.63, 3.8) is 0 Å². The first-order chi connectivity index (χ1) is 5.74.